The third-order valence-corrected chi connectivity index (χ3v) is 3.26. The average molecular weight is 357 g/mol. The summed E-state index contributed by atoms with van der Waals surface area (Å²) >= 11 is 19.8. The lowest BCUT2D eigenvalue weighted by Crippen LogP contribution is -2.36. The quantitative estimate of drug-likeness (QED) is 0.639. The fraction of sp³-hybridized carbons (Fsp3) is 0.182. The minimum absolute atomic E-state index is 0.423. The molecule has 2 nitrogen and oxygen atoms in total. The number of alkyl halides is 3. The molecule has 1 rings (SSSR count). The molecule has 0 spiro atoms. The first-order valence-electron chi connectivity index (χ1n) is 4.61. The molecular weight excluding hydrogens is 348 g/mol. The van der Waals surface area contributed by atoms with Gasteiger partial charge >= 0.3 is 0 Å². The molecule has 1 aromatic carbocycles. The second-order valence-electron chi connectivity index (χ2n) is 3.21. The Labute approximate surface area is 123 Å². The Kier molecular flexibility index (Phi) is 5.32. The van der Waals surface area contributed by atoms with Crippen molar-refractivity contribution < 1.29 is 4.79 Å². The summed E-state index contributed by atoms with van der Waals surface area (Å²) in [6.07, 6.45) is 1.56. The van der Waals surface area contributed by atoms with E-state index >= 15 is 0 Å². The smallest absolute Gasteiger partial charge is 0.272 e. The van der Waals surface area contributed by atoms with E-state index in [0.29, 0.717) is 0 Å². The summed E-state index contributed by atoms with van der Waals surface area (Å²) in [6, 6.07) is 6.99. The minimum Gasteiger partial charge on any atom is -0.342 e. The molecule has 0 aliphatic carbocycles. The van der Waals surface area contributed by atoms with Crippen molar-refractivity contribution in [2.75, 3.05) is 0 Å². The number of hydrogen-bond acceptors (Lipinski definition) is 1. The van der Waals surface area contributed by atoms with Crippen LogP contribution < -0.4 is 5.32 Å². The van der Waals surface area contributed by atoms with Gasteiger partial charge in [0, 0.05) is 4.47 Å². The number of carbonyl (C=O) groups excluding carboxylic acids is 1. The zero-order valence-electron chi connectivity index (χ0n) is 8.59. The van der Waals surface area contributed by atoms with Crippen LogP contribution in [0, 0.1) is 0 Å². The molecule has 1 unspecified atom stereocenters. The second-order valence-corrected chi connectivity index (χ2v) is 6.34. The third kappa shape index (κ3) is 4.18. The maximum Gasteiger partial charge on any atom is 0.272 e. The van der Waals surface area contributed by atoms with Gasteiger partial charge in [-0.15, -0.1) is 6.58 Å². The standard InChI is InChI=1S/C11H9BrCl3NO/c1-2-9(16-10(17)11(13,14)15)7-5-3-4-6-8(7)12/h2-6,9H,1H2,(H,16,17). The lowest BCUT2D eigenvalue weighted by atomic mass is 10.1. The topological polar surface area (TPSA) is 29.1 Å². The van der Waals surface area contributed by atoms with Crippen LogP contribution in [0.25, 0.3) is 0 Å². The number of benzene rings is 1. The van der Waals surface area contributed by atoms with Gasteiger partial charge in [0.25, 0.3) is 9.70 Å². The van der Waals surface area contributed by atoms with Gasteiger partial charge in [0.05, 0.1) is 6.04 Å². The van der Waals surface area contributed by atoms with Crippen molar-refractivity contribution >= 4 is 56.6 Å². The van der Waals surface area contributed by atoms with Crippen molar-refractivity contribution in [2.24, 2.45) is 0 Å². The first-order valence-corrected chi connectivity index (χ1v) is 6.53. The SMILES string of the molecule is C=CC(NC(=O)C(Cl)(Cl)Cl)c1ccccc1Br. The predicted molar refractivity (Wildman–Crippen MR) is 75.5 cm³/mol. The van der Waals surface area contributed by atoms with Crippen molar-refractivity contribution in [3.63, 3.8) is 0 Å². The van der Waals surface area contributed by atoms with Crippen molar-refractivity contribution in [1.82, 2.24) is 5.32 Å². The van der Waals surface area contributed by atoms with Crippen LogP contribution in [0.2, 0.25) is 0 Å². The van der Waals surface area contributed by atoms with Crippen molar-refractivity contribution in [3.8, 4) is 0 Å². The van der Waals surface area contributed by atoms with Crippen LogP contribution in [-0.4, -0.2) is 9.70 Å². The molecule has 6 heteroatoms. The van der Waals surface area contributed by atoms with Crippen molar-refractivity contribution in [1.29, 1.82) is 0 Å². The summed E-state index contributed by atoms with van der Waals surface area (Å²) in [7, 11) is 0. The maximum atomic E-state index is 11.5. The highest BCUT2D eigenvalue weighted by molar-refractivity contribution is 9.10. The Morgan fingerprint density at radius 3 is 2.47 bits per heavy atom. The van der Waals surface area contributed by atoms with Crippen LogP contribution in [-0.2, 0) is 4.79 Å². The van der Waals surface area contributed by atoms with Crippen LogP contribution >= 0.6 is 50.7 Å². The Hall–Kier alpha value is -0.220. The second kappa shape index (κ2) is 6.10. The molecule has 92 valence electrons. The summed E-state index contributed by atoms with van der Waals surface area (Å²) in [5, 5.41) is 2.58. The van der Waals surface area contributed by atoms with E-state index in [1.54, 1.807) is 6.08 Å². The molecule has 17 heavy (non-hydrogen) atoms. The summed E-state index contributed by atoms with van der Waals surface area (Å²) in [6.45, 7) is 3.65. The summed E-state index contributed by atoms with van der Waals surface area (Å²) in [5.41, 5.74) is 0.838. The molecule has 0 saturated carbocycles. The van der Waals surface area contributed by atoms with E-state index in [1.807, 2.05) is 24.3 Å². The molecule has 1 amide bonds. The Morgan fingerprint density at radius 1 is 1.41 bits per heavy atom. The Balaban J connectivity index is 2.91. The van der Waals surface area contributed by atoms with Crippen molar-refractivity contribution in [3.05, 3.63) is 47.0 Å². The molecule has 0 aliphatic heterocycles. The highest BCUT2D eigenvalue weighted by Gasteiger charge is 2.32. The van der Waals surface area contributed by atoms with Gasteiger partial charge in [-0.3, -0.25) is 4.79 Å². The van der Waals surface area contributed by atoms with Gasteiger partial charge in [0.1, 0.15) is 0 Å². The maximum absolute atomic E-state index is 11.5. The van der Waals surface area contributed by atoms with E-state index < -0.39 is 15.7 Å². The zero-order chi connectivity index (χ0) is 13.1. The lowest BCUT2D eigenvalue weighted by molar-refractivity contribution is -0.120. The van der Waals surface area contributed by atoms with E-state index in [1.165, 1.54) is 0 Å². The number of amides is 1. The minimum atomic E-state index is -1.98. The molecule has 0 heterocycles. The Morgan fingerprint density at radius 2 is 2.00 bits per heavy atom. The number of hydrogen-bond donors (Lipinski definition) is 1. The van der Waals surface area contributed by atoms with Crippen molar-refractivity contribution in [2.45, 2.75) is 9.83 Å². The van der Waals surface area contributed by atoms with Gasteiger partial charge in [0.15, 0.2) is 0 Å². The van der Waals surface area contributed by atoms with Crippen LogP contribution in [0.1, 0.15) is 11.6 Å². The van der Waals surface area contributed by atoms with Gasteiger partial charge in [-0.1, -0.05) is 75.0 Å². The normalized spacial score (nSPS) is 12.9. The van der Waals surface area contributed by atoms with Crippen LogP contribution in [0.5, 0.6) is 0 Å². The van der Waals surface area contributed by atoms with E-state index in [9.17, 15) is 4.79 Å². The summed E-state index contributed by atoms with van der Waals surface area (Å²) in [4.78, 5) is 11.5. The number of carbonyl (C=O) groups is 1. The predicted octanol–water partition coefficient (Wildman–Crippen LogP) is 4.16. The van der Waals surface area contributed by atoms with Gasteiger partial charge < -0.3 is 5.32 Å². The molecule has 1 N–H and O–H groups in total. The van der Waals surface area contributed by atoms with E-state index in [0.717, 1.165) is 10.0 Å². The zero-order valence-corrected chi connectivity index (χ0v) is 12.4. The monoisotopic (exact) mass is 355 g/mol. The molecule has 0 fully saturated rings. The van der Waals surface area contributed by atoms with Crippen LogP contribution in [0.15, 0.2) is 41.4 Å². The summed E-state index contributed by atoms with van der Waals surface area (Å²) < 4.78 is -1.14. The molecule has 1 atom stereocenters. The highest BCUT2D eigenvalue weighted by atomic mass is 79.9. The van der Waals surface area contributed by atoms with Gasteiger partial charge in [-0.25, -0.2) is 0 Å². The Bertz CT molecular complexity index is 431. The van der Waals surface area contributed by atoms with Gasteiger partial charge in [-0.2, -0.15) is 0 Å². The highest BCUT2D eigenvalue weighted by Crippen LogP contribution is 2.29. The fourth-order valence-electron chi connectivity index (χ4n) is 1.21. The lowest BCUT2D eigenvalue weighted by Gasteiger charge is -2.19. The third-order valence-electron chi connectivity index (χ3n) is 2.02. The number of halogens is 4. The number of rotatable bonds is 3. The molecule has 0 bridgehead atoms. The molecule has 0 aliphatic rings. The van der Waals surface area contributed by atoms with Gasteiger partial charge in [0.2, 0.25) is 0 Å². The first-order chi connectivity index (χ1) is 7.86. The first kappa shape index (κ1) is 14.8. The van der Waals surface area contributed by atoms with E-state index in [2.05, 4.69) is 27.8 Å². The molecular formula is C11H9BrCl3NO. The van der Waals surface area contributed by atoms with Crippen LogP contribution in [0.4, 0.5) is 0 Å². The molecule has 1 aromatic rings. The largest absolute Gasteiger partial charge is 0.342 e. The average Bonchev–Trinajstić information content (AvgIpc) is 2.25. The summed E-state index contributed by atoms with van der Waals surface area (Å²) in [5.74, 6) is -0.692. The van der Waals surface area contributed by atoms with E-state index in [4.69, 9.17) is 34.8 Å². The number of nitrogens with one attached hydrogen (secondary N) is 1. The molecule has 0 radical (unpaired) electrons. The molecule has 0 aromatic heterocycles. The fourth-order valence-corrected chi connectivity index (χ4v) is 1.91. The van der Waals surface area contributed by atoms with Gasteiger partial charge in [-0.05, 0) is 11.6 Å². The van der Waals surface area contributed by atoms with Crippen LogP contribution in [0.3, 0.4) is 0 Å². The molecule has 0 saturated heterocycles. The van der Waals surface area contributed by atoms with E-state index in [-0.39, 0.29) is 0 Å².